The van der Waals surface area contributed by atoms with Crippen molar-refractivity contribution in [3.63, 3.8) is 0 Å². The fourth-order valence-corrected chi connectivity index (χ4v) is 3.20. The van der Waals surface area contributed by atoms with Gasteiger partial charge in [0.15, 0.2) is 0 Å². The van der Waals surface area contributed by atoms with E-state index in [4.69, 9.17) is 11.6 Å². The molecule has 0 saturated carbocycles. The van der Waals surface area contributed by atoms with Gasteiger partial charge in [-0.3, -0.25) is 0 Å². The van der Waals surface area contributed by atoms with Crippen molar-refractivity contribution in [1.82, 2.24) is 0 Å². The lowest BCUT2D eigenvalue weighted by Crippen LogP contribution is -2.03. The molecular weight excluding hydrogens is 318 g/mol. The summed E-state index contributed by atoms with van der Waals surface area (Å²) in [4.78, 5) is -0.244. The molecule has 22 heavy (non-hydrogen) atoms. The van der Waals surface area contributed by atoms with Crippen LogP contribution in [0.5, 0.6) is 0 Å². The first-order chi connectivity index (χ1) is 10.3. The lowest BCUT2D eigenvalue weighted by Gasteiger charge is -2.05. The van der Waals surface area contributed by atoms with E-state index in [9.17, 15) is 13.7 Å². The summed E-state index contributed by atoms with van der Waals surface area (Å²) >= 11 is 5.76. The molecule has 2 aromatic carbocycles. The van der Waals surface area contributed by atoms with Crippen molar-refractivity contribution in [3.8, 4) is 6.07 Å². The summed E-state index contributed by atoms with van der Waals surface area (Å²) in [5, 5.41) is 9.68. The number of rotatable bonds is 3. The monoisotopic (exact) mass is 331 g/mol. The summed E-state index contributed by atoms with van der Waals surface area (Å²) in [6.45, 7) is 3.91. The number of nitrogens with zero attached hydrogens (tertiary/aromatic N) is 1. The van der Waals surface area contributed by atoms with Gasteiger partial charge in [-0.15, -0.1) is 0 Å². The van der Waals surface area contributed by atoms with Gasteiger partial charge >= 0.3 is 0 Å². The molecule has 0 spiro atoms. The number of benzene rings is 2. The minimum atomic E-state index is -3.85. The normalized spacial score (nSPS) is 12.0. The molecule has 2 rings (SSSR count). The Morgan fingerprint density at radius 1 is 1.09 bits per heavy atom. The van der Waals surface area contributed by atoms with Gasteiger partial charge in [0.2, 0.25) is 9.84 Å². The fourth-order valence-electron chi connectivity index (χ4n) is 1.92. The van der Waals surface area contributed by atoms with E-state index in [1.807, 2.05) is 26.0 Å². The number of allylic oxidation sites excluding steroid dienone is 1. The van der Waals surface area contributed by atoms with Gasteiger partial charge in [0.1, 0.15) is 11.0 Å². The molecule has 2 aromatic rings. The van der Waals surface area contributed by atoms with Crippen molar-refractivity contribution in [1.29, 1.82) is 5.26 Å². The molecule has 0 bridgehead atoms. The lowest BCUT2D eigenvalue weighted by atomic mass is 10.1. The topological polar surface area (TPSA) is 57.9 Å². The average Bonchev–Trinajstić information content (AvgIpc) is 2.48. The summed E-state index contributed by atoms with van der Waals surface area (Å²) in [5.41, 5.74) is 2.82. The van der Waals surface area contributed by atoms with E-state index < -0.39 is 9.84 Å². The predicted molar refractivity (Wildman–Crippen MR) is 88.1 cm³/mol. The number of aryl methyl sites for hydroxylation is 2. The minimum Gasteiger partial charge on any atom is -0.218 e. The Balaban J connectivity index is 2.51. The number of sulfone groups is 1. The van der Waals surface area contributed by atoms with Gasteiger partial charge in [-0.05, 0) is 60.9 Å². The van der Waals surface area contributed by atoms with Crippen molar-refractivity contribution >= 4 is 27.5 Å². The summed E-state index contributed by atoms with van der Waals surface area (Å²) < 4.78 is 25.0. The highest BCUT2D eigenvalue weighted by Gasteiger charge is 2.20. The van der Waals surface area contributed by atoms with Gasteiger partial charge in [-0.2, -0.15) is 5.26 Å². The highest BCUT2D eigenvalue weighted by molar-refractivity contribution is 7.95. The van der Waals surface area contributed by atoms with Gasteiger partial charge in [0, 0.05) is 5.02 Å². The average molecular weight is 332 g/mol. The van der Waals surface area contributed by atoms with Gasteiger partial charge in [-0.25, -0.2) is 8.42 Å². The minimum absolute atomic E-state index is 0.0496. The third-order valence-electron chi connectivity index (χ3n) is 3.35. The van der Waals surface area contributed by atoms with E-state index in [1.54, 1.807) is 12.1 Å². The highest BCUT2D eigenvalue weighted by Crippen LogP contribution is 2.23. The van der Waals surface area contributed by atoms with Crippen molar-refractivity contribution in [2.24, 2.45) is 0 Å². The van der Waals surface area contributed by atoms with Crippen molar-refractivity contribution in [3.05, 3.63) is 69.1 Å². The molecular formula is C17H14ClNO2S. The zero-order valence-electron chi connectivity index (χ0n) is 12.2. The van der Waals surface area contributed by atoms with Crippen LogP contribution in [0.25, 0.3) is 6.08 Å². The maximum Gasteiger partial charge on any atom is 0.216 e. The molecule has 0 N–H and O–H groups in total. The van der Waals surface area contributed by atoms with Crippen LogP contribution >= 0.6 is 11.6 Å². The second-order valence-electron chi connectivity index (χ2n) is 4.92. The van der Waals surface area contributed by atoms with Crippen molar-refractivity contribution in [2.75, 3.05) is 0 Å². The largest absolute Gasteiger partial charge is 0.218 e. The van der Waals surface area contributed by atoms with Crippen LogP contribution in [-0.2, 0) is 9.84 Å². The molecule has 0 aromatic heterocycles. The molecule has 0 fully saturated rings. The Labute approximate surface area is 135 Å². The van der Waals surface area contributed by atoms with E-state index in [0.717, 1.165) is 11.1 Å². The highest BCUT2D eigenvalue weighted by atomic mass is 35.5. The van der Waals surface area contributed by atoms with E-state index in [-0.39, 0.29) is 9.80 Å². The SMILES string of the molecule is Cc1ccc(/C=C(\C#N)S(=O)(=O)c2ccc(Cl)cc2)cc1C. The van der Waals surface area contributed by atoms with Gasteiger partial charge in [0.05, 0.1) is 4.90 Å². The maximum atomic E-state index is 12.5. The van der Waals surface area contributed by atoms with Crippen LogP contribution in [0, 0.1) is 25.2 Å². The Morgan fingerprint density at radius 2 is 1.73 bits per heavy atom. The van der Waals surface area contributed by atoms with E-state index in [0.29, 0.717) is 10.6 Å². The van der Waals surface area contributed by atoms with E-state index in [1.165, 1.54) is 30.3 Å². The van der Waals surface area contributed by atoms with E-state index >= 15 is 0 Å². The van der Waals surface area contributed by atoms with Crippen molar-refractivity contribution in [2.45, 2.75) is 18.7 Å². The predicted octanol–water partition coefficient (Wildman–Crippen LogP) is 4.30. The summed E-state index contributed by atoms with van der Waals surface area (Å²) in [7, 11) is -3.85. The molecule has 0 aliphatic carbocycles. The third-order valence-corrected chi connectivity index (χ3v) is 5.29. The lowest BCUT2D eigenvalue weighted by molar-refractivity contribution is 0.603. The molecule has 3 nitrogen and oxygen atoms in total. The molecule has 112 valence electrons. The van der Waals surface area contributed by atoms with Gasteiger partial charge in [0.25, 0.3) is 0 Å². The smallest absolute Gasteiger partial charge is 0.216 e. The summed E-state index contributed by atoms with van der Waals surface area (Å²) in [5.74, 6) is 0. The first kappa shape index (κ1) is 16.3. The van der Waals surface area contributed by atoms with Crippen LogP contribution in [0.1, 0.15) is 16.7 Å². The first-order valence-corrected chi connectivity index (χ1v) is 8.40. The number of halogens is 1. The maximum absolute atomic E-state index is 12.5. The molecule has 0 atom stereocenters. The molecule has 0 unspecified atom stereocenters. The van der Waals surface area contributed by atoms with Crippen LogP contribution in [0.4, 0.5) is 0 Å². The Morgan fingerprint density at radius 3 is 2.27 bits per heavy atom. The number of hydrogen-bond donors (Lipinski definition) is 0. The van der Waals surface area contributed by atoms with Crippen LogP contribution < -0.4 is 0 Å². The van der Waals surface area contributed by atoms with Crippen LogP contribution in [0.2, 0.25) is 5.02 Å². The zero-order chi connectivity index (χ0) is 16.3. The third kappa shape index (κ3) is 3.38. The molecule has 5 heteroatoms. The Hall–Kier alpha value is -2.09. The molecule has 0 aliphatic rings. The second-order valence-corrected chi connectivity index (χ2v) is 7.28. The zero-order valence-corrected chi connectivity index (χ0v) is 13.7. The molecule has 0 saturated heterocycles. The number of hydrogen-bond acceptors (Lipinski definition) is 3. The van der Waals surface area contributed by atoms with Crippen LogP contribution in [0.15, 0.2) is 52.3 Å². The number of nitriles is 1. The molecule has 0 amide bonds. The summed E-state index contributed by atoms with van der Waals surface area (Å²) in [6, 6.07) is 13.1. The van der Waals surface area contributed by atoms with E-state index in [2.05, 4.69) is 0 Å². The fraction of sp³-hybridized carbons (Fsp3) is 0.118. The quantitative estimate of drug-likeness (QED) is 0.788. The second kappa shape index (κ2) is 6.35. The molecule has 0 radical (unpaired) electrons. The molecule has 0 aliphatic heterocycles. The Bertz CT molecular complexity index is 876. The van der Waals surface area contributed by atoms with Gasteiger partial charge < -0.3 is 0 Å². The Kier molecular flexibility index (Phi) is 4.70. The summed E-state index contributed by atoms with van der Waals surface area (Å²) in [6.07, 6.45) is 1.39. The van der Waals surface area contributed by atoms with Gasteiger partial charge in [-0.1, -0.05) is 29.8 Å². The first-order valence-electron chi connectivity index (χ1n) is 6.54. The van der Waals surface area contributed by atoms with Crippen LogP contribution in [0.3, 0.4) is 0 Å². The molecule has 0 heterocycles. The standard InChI is InChI=1S/C17H14ClNO2S/c1-12-3-4-14(9-13(12)2)10-17(11-19)22(20,21)16-7-5-15(18)6-8-16/h3-10H,1-2H3/b17-10+. The van der Waals surface area contributed by atoms with Crippen LogP contribution in [-0.4, -0.2) is 8.42 Å². The van der Waals surface area contributed by atoms with Crippen molar-refractivity contribution < 1.29 is 8.42 Å².